The van der Waals surface area contributed by atoms with Crippen molar-refractivity contribution in [3.63, 3.8) is 0 Å². The van der Waals surface area contributed by atoms with Crippen LogP contribution >= 0.6 is 0 Å². The second-order valence-corrected chi connectivity index (χ2v) is 5.00. The zero-order valence-electron chi connectivity index (χ0n) is 11.6. The number of hydrogen-bond acceptors (Lipinski definition) is 3. The molecule has 0 fully saturated rings. The van der Waals surface area contributed by atoms with Crippen LogP contribution in [0.25, 0.3) is 10.9 Å². The maximum atomic E-state index is 11.9. The van der Waals surface area contributed by atoms with E-state index in [1.165, 1.54) is 0 Å². The molecule has 4 rings (SSSR count). The van der Waals surface area contributed by atoms with Gasteiger partial charge in [0.15, 0.2) is 5.71 Å². The number of nitrogens with zero attached hydrogens (tertiary/aromatic N) is 2. The molecule has 2 N–H and O–H groups in total. The van der Waals surface area contributed by atoms with Gasteiger partial charge in [-0.1, -0.05) is 36.4 Å². The Hall–Kier alpha value is -3.21. The molecule has 0 aliphatic carbocycles. The molecular formula is C17H12N4O. The molecule has 1 aliphatic rings. The summed E-state index contributed by atoms with van der Waals surface area (Å²) in [6, 6.07) is 17.4. The van der Waals surface area contributed by atoms with E-state index in [-0.39, 0.29) is 5.91 Å². The predicted octanol–water partition coefficient (Wildman–Crippen LogP) is 2.94. The molecule has 2 aromatic carbocycles. The lowest BCUT2D eigenvalue weighted by Gasteiger charge is -1.93. The van der Waals surface area contributed by atoms with Crippen molar-refractivity contribution in [2.45, 2.75) is 0 Å². The van der Waals surface area contributed by atoms with Crippen molar-refractivity contribution in [3.05, 3.63) is 65.9 Å². The van der Waals surface area contributed by atoms with Gasteiger partial charge in [-0.15, -0.1) is 5.10 Å². The van der Waals surface area contributed by atoms with E-state index in [1.807, 2.05) is 54.6 Å². The van der Waals surface area contributed by atoms with E-state index in [0.29, 0.717) is 5.71 Å². The Balaban J connectivity index is 1.65. The zero-order valence-corrected chi connectivity index (χ0v) is 11.6. The number of carbonyl (C=O) groups excluding carboxylic acids is 1. The first kappa shape index (κ1) is 12.5. The fraction of sp³-hybridized carbons (Fsp3) is 0. The summed E-state index contributed by atoms with van der Waals surface area (Å²) in [5.41, 5.74) is 3.77. The van der Waals surface area contributed by atoms with Gasteiger partial charge in [-0.05, 0) is 18.2 Å². The van der Waals surface area contributed by atoms with Gasteiger partial charge in [-0.2, -0.15) is 5.10 Å². The van der Waals surface area contributed by atoms with E-state index in [1.54, 1.807) is 6.21 Å². The van der Waals surface area contributed by atoms with Crippen molar-refractivity contribution in [3.8, 4) is 0 Å². The molecule has 0 saturated carbocycles. The molecule has 0 spiro atoms. The fourth-order valence-electron chi connectivity index (χ4n) is 2.52. The largest absolute Gasteiger partial charge is 0.354 e. The van der Waals surface area contributed by atoms with E-state index in [4.69, 9.17) is 0 Å². The number of carbonyl (C=O) groups is 1. The first-order valence-corrected chi connectivity index (χ1v) is 6.91. The van der Waals surface area contributed by atoms with Gasteiger partial charge in [0.05, 0.1) is 17.6 Å². The number of aromatic amines is 1. The van der Waals surface area contributed by atoms with Crippen LogP contribution in [0.5, 0.6) is 0 Å². The number of aromatic nitrogens is 1. The van der Waals surface area contributed by atoms with Crippen LogP contribution in [-0.2, 0) is 4.79 Å². The third-order valence-electron chi connectivity index (χ3n) is 3.55. The number of para-hydroxylation sites is 2. The first-order valence-electron chi connectivity index (χ1n) is 6.91. The van der Waals surface area contributed by atoms with E-state index < -0.39 is 0 Å². The monoisotopic (exact) mass is 288 g/mol. The summed E-state index contributed by atoms with van der Waals surface area (Å²) in [4.78, 5) is 15.1. The van der Waals surface area contributed by atoms with Gasteiger partial charge in [-0.25, -0.2) is 0 Å². The van der Waals surface area contributed by atoms with Crippen LogP contribution in [0.2, 0.25) is 0 Å². The number of anilines is 1. The highest BCUT2D eigenvalue weighted by Crippen LogP contribution is 2.22. The van der Waals surface area contributed by atoms with Crippen LogP contribution in [0.4, 0.5) is 5.69 Å². The Kier molecular flexibility index (Phi) is 2.83. The summed E-state index contributed by atoms with van der Waals surface area (Å²) in [5, 5.41) is 12.0. The molecule has 0 unspecified atom stereocenters. The molecular weight excluding hydrogens is 276 g/mol. The molecule has 2 heterocycles. The van der Waals surface area contributed by atoms with Crippen molar-refractivity contribution in [1.82, 2.24) is 4.98 Å². The van der Waals surface area contributed by atoms with E-state index >= 15 is 0 Å². The number of hydrogen-bond donors (Lipinski definition) is 2. The number of H-pyrrole nitrogens is 1. The molecule has 0 radical (unpaired) electrons. The highest BCUT2D eigenvalue weighted by Gasteiger charge is 2.25. The van der Waals surface area contributed by atoms with Crippen molar-refractivity contribution in [1.29, 1.82) is 0 Å². The molecule has 22 heavy (non-hydrogen) atoms. The van der Waals surface area contributed by atoms with Gasteiger partial charge >= 0.3 is 0 Å². The van der Waals surface area contributed by atoms with Crippen LogP contribution in [-0.4, -0.2) is 22.8 Å². The van der Waals surface area contributed by atoms with E-state index in [0.717, 1.165) is 27.8 Å². The van der Waals surface area contributed by atoms with Crippen molar-refractivity contribution >= 4 is 34.4 Å². The Morgan fingerprint density at radius 1 is 1.00 bits per heavy atom. The van der Waals surface area contributed by atoms with Crippen LogP contribution in [0.1, 0.15) is 11.3 Å². The Bertz CT molecular complexity index is 903. The zero-order chi connectivity index (χ0) is 14.9. The maximum Gasteiger partial charge on any atom is 0.276 e. The van der Waals surface area contributed by atoms with Crippen molar-refractivity contribution in [2.24, 2.45) is 10.2 Å². The van der Waals surface area contributed by atoms with Gasteiger partial charge in [0, 0.05) is 16.5 Å². The number of amides is 1. The molecule has 5 heteroatoms. The summed E-state index contributed by atoms with van der Waals surface area (Å²) in [7, 11) is 0. The summed E-state index contributed by atoms with van der Waals surface area (Å²) in [6.45, 7) is 0. The SMILES string of the molecule is O=C1Nc2ccccc2/C1=N/N=C/c1cc2ccccc2[nH]1. The lowest BCUT2D eigenvalue weighted by Crippen LogP contribution is -2.13. The second-order valence-electron chi connectivity index (χ2n) is 5.00. The van der Waals surface area contributed by atoms with Gasteiger partial charge < -0.3 is 10.3 Å². The maximum absolute atomic E-state index is 11.9. The second kappa shape index (κ2) is 4.96. The highest BCUT2D eigenvalue weighted by atomic mass is 16.2. The normalized spacial score (nSPS) is 15.6. The molecule has 0 bridgehead atoms. The quantitative estimate of drug-likeness (QED) is 0.552. The molecule has 0 saturated heterocycles. The van der Waals surface area contributed by atoms with E-state index in [2.05, 4.69) is 20.5 Å². The third kappa shape index (κ3) is 2.09. The minimum atomic E-state index is -0.227. The van der Waals surface area contributed by atoms with Gasteiger partial charge in [0.1, 0.15) is 0 Å². The average Bonchev–Trinajstić information content (AvgIpc) is 3.08. The molecule has 3 aromatic rings. The van der Waals surface area contributed by atoms with E-state index in [9.17, 15) is 4.79 Å². The third-order valence-corrected chi connectivity index (χ3v) is 3.55. The number of benzene rings is 2. The molecule has 1 aliphatic heterocycles. The first-order chi connectivity index (χ1) is 10.8. The Morgan fingerprint density at radius 3 is 2.73 bits per heavy atom. The summed E-state index contributed by atoms with van der Waals surface area (Å²) >= 11 is 0. The molecule has 106 valence electrons. The van der Waals surface area contributed by atoms with Crippen LogP contribution in [0.15, 0.2) is 64.8 Å². The van der Waals surface area contributed by atoms with Crippen LogP contribution in [0.3, 0.4) is 0 Å². The molecule has 5 nitrogen and oxygen atoms in total. The topological polar surface area (TPSA) is 69.6 Å². The van der Waals surface area contributed by atoms with Crippen molar-refractivity contribution in [2.75, 3.05) is 5.32 Å². The lowest BCUT2D eigenvalue weighted by atomic mass is 10.1. The molecule has 1 amide bonds. The van der Waals surface area contributed by atoms with Gasteiger partial charge in [0.25, 0.3) is 5.91 Å². The minimum absolute atomic E-state index is 0.227. The van der Waals surface area contributed by atoms with Crippen molar-refractivity contribution < 1.29 is 4.79 Å². The Labute approximate surface area is 126 Å². The minimum Gasteiger partial charge on any atom is -0.354 e. The van der Waals surface area contributed by atoms with Gasteiger partial charge in [0.2, 0.25) is 0 Å². The standard InChI is InChI=1S/C17H12N4O/c22-17-16(13-6-2-4-8-15(13)20-17)21-18-10-12-9-11-5-1-3-7-14(11)19-12/h1-10,19H,(H,20,21,22)/b18-10+. The molecule has 1 aromatic heterocycles. The number of fused-ring (bicyclic) bond motifs is 2. The number of rotatable bonds is 2. The smallest absolute Gasteiger partial charge is 0.276 e. The summed E-state index contributed by atoms with van der Waals surface area (Å²) < 4.78 is 0. The highest BCUT2D eigenvalue weighted by molar-refractivity contribution is 6.53. The van der Waals surface area contributed by atoms with Crippen LogP contribution < -0.4 is 5.32 Å². The Morgan fingerprint density at radius 2 is 1.82 bits per heavy atom. The summed E-state index contributed by atoms with van der Waals surface area (Å²) in [5.74, 6) is -0.227. The van der Waals surface area contributed by atoms with Crippen LogP contribution in [0, 0.1) is 0 Å². The lowest BCUT2D eigenvalue weighted by molar-refractivity contribution is -0.110. The predicted molar refractivity (Wildman–Crippen MR) is 87.5 cm³/mol. The summed E-state index contributed by atoms with van der Waals surface area (Å²) in [6.07, 6.45) is 1.61. The number of nitrogens with one attached hydrogen (secondary N) is 2. The van der Waals surface area contributed by atoms with Gasteiger partial charge in [-0.3, -0.25) is 4.79 Å². The average molecular weight is 288 g/mol. The molecule has 0 atom stereocenters. The fourth-order valence-corrected chi connectivity index (χ4v) is 2.52.